The Bertz CT molecular complexity index is 2140. The van der Waals surface area contributed by atoms with Gasteiger partial charge in [0.25, 0.3) is 5.91 Å². The van der Waals surface area contributed by atoms with Crippen molar-refractivity contribution < 1.29 is 33.4 Å². The molecule has 5 aromatic rings. The largest absolute Gasteiger partial charge is 0.491 e. The molecular weight excluding hydrogens is 716 g/mol. The standard InChI is InChI=1S/C40H39FN4O6S2/c1-50-38(49)36-34(17-11-23-51-32-20-19-26(24-30(32)41)12-6-4-2-3-5-7-18-35(46)47)53-40(43-36)45-22-21-27-13-10-14-28(29(27)25-45)37(48)44-39-42-31-15-8-9-16-33(31)52-39/h8-10,13-16,19-20,24H,2-5,7,11,17-18,21-23,25H2,1H3,(H,46,47)(H,42,44,48). The van der Waals surface area contributed by atoms with Gasteiger partial charge in [0.2, 0.25) is 0 Å². The lowest BCUT2D eigenvalue weighted by Crippen LogP contribution is -2.32. The van der Waals surface area contributed by atoms with E-state index in [0.717, 1.165) is 45.5 Å². The number of thiazole rings is 2. The quantitative estimate of drug-likeness (QED) is 0.0616. The van der Waals surface area contributed by atoms with Crippen LogP contribution in [0.25, 0.3) is 10.2 Å². The average molecular weight is 755 g/mol. The van der Waals surface area contributed by atoms with E-state index in [4.69, 9.17) is 14.6 Å². The van der Waals surface area contributed by atoms with Gasteiger partial charge in [0.15, 0.2) is 27.5 Å². The minimum atomic E-state index is -0.775. The molecule has 3 heterocycles. The number of halogens is 1. The van der Waals surface area contributed by atoms with E-state index in [-0.39, 0.29) is 30.4 Å². The number of nitrogens with one attached hydrogen (secondary N) is 1. The van der Waals surface area contributed by atoms with E-state index in [2.05, 4.69) is 32.0 Å². The maximum atomic E-state index is 14.8. The fourth-order valence-electron chi connectivity index (χ4n) is 6.07. The zero-order chi connectivity index (χ0) is 37.2. The summed E-state index contributed by atoms with van der Waals surface area (Å²) in [6.07, 6.45) is 5.84. The zero-order valence-corrected chi connectivity index (χ0v) is 30.9. The van der Waals surface area contributed by atoms with Crippen LogP contribution < -0.4 is 15.0 Å². The third kappa shape index (κ3) is 9.77. The second-order valence-corrected chi connectivity index (χ2v) is 14.6. The highest BCUT2D eigenvalue weighted by Gasteiger charge is 2.27. The van der Waals surface area contributed by atoms with Gasteiger partial charge in [-0.05, 0) is 79.6 Å². The van der Waals surface area contributed by atoms with Crippen molar-refractivity contribution in [2.45, 2.75) is 64.3 Å². The Hall–Kier alpha value is -5.32. The molecule has 0 bridgehead atoms. The number of para-hydroxylation sites is 1. The fraction of sp³-hybridized carbons (Fsp3) is 0.325. The molecule has 2 N–H and O–H groups in total. The van der Waals surface area contributed by atoms with Crippen molar-refractivity contribution in [3.63, 3.8) is 0 Å². The topological polar surface area (TPSA) is 131 Å². The number of carbonyl (C=O) groups excluding carboxylic acids is 2. The molecule has 3 aromatic carbocycles. The first-order valence-corrected chi connectivity index (χ1v) is 19.2. The van der Waals surface area contributed by atoms with Crippen molar-refractivity contribution in [1.29, 1.82) is 0 Å². The van der Waals surface area contributed by atoms with Gasteiger partial charge in [-0.25, -0.2) is 19.2 Å². The van der Waals surface area contributed by atoms with Gasteiger partial charge in [-0.3, -0.25) is 14.9 Å². The number of nitrogens with zero attached hydrogens (tertiary/aromatic N) is 3. The molecule has 53 heavy (non-hydrogen) atoms. The number of rotatable bonds is 15. The number of ether oxygens (including phenoxy) is 2. The maximum Gasteiger partial charge on any atom is 0.357 e. The lowest BCUT2D eigenvalue weighted by molar-refractivity contribution is -0.137. The Labute approximate surface area is 315 Å². The summed E-state index contributed by atoms with van der Waals surface area (Å²) in [4.78, 5) is 48.9. The first-order chi connectivity index (χ1) is 25.8. The normalized spacial score (nSPS) is 12.2. The van der Waals surface area contributed by atoms with Crippen molar-refractivity contribution in [3.8, 4) is 17.6 Å². The lowest BCUT2D eigenvalue weighted by atomic mass is 9.94. The molecule has 0 saturated heterocycles. The van der Waals surface area contributed by atoms with Crippen molar-refractivity contribution in [3.05, 3.63) is 99.3 Å². The first kappa shape index (κ1) is 37.4. The summed E-state index contributed by atoms with van der Waals surface area (Å²) in [5.74, 6) is 4.12. The van der Waals surface area contributed by atoms with Gasteiger partial charge >= 0.3 is 11.9 Å². The summed E-state index contributed by atoms with van der Waals surface area (Å²) >= 11 is 2.84. The summed E-state index contributed by atoms with van der Waals surface area (Å²) in [5, 5.41) is 12.9. The van der Waals surface area contributed by atoms with Crippen LogP contribution >= 0.6 is 22.7 Å². The smallest absolute Gasteiger partial charge is 0.357 e. The highest BCUT2D eigenvalue weighted by Crippen LogP contribution is 2.34. The van der Waals surface area contributed by atoms with Gasteiger partial charge in [-0.2, -0.15) is 0 Å². The number of anilines is 2. The number of hydrogen-bond donors (Lipinski definition) is 2. The van der Waals surface area contributed by atoms with Crippen LogP contribution in [0.1, 0.15) is 87.4 Å². The molecule has 0 atom stereocenters. The van der Waals surface area contributed by atoms with Gasteiger partial charge in [-0.15, -0.1) is 11.3 Å². The molecule has 0 radical (unpaired) electrons. The van der Waals surface area contributed by atoms with Crippen LogP contribution in [0.2, 0.25) is 0 Å². The summed E-state index contributed by atoms with van der Waals surface area (Å²) in [6, 6.07) is 18.1. The molecule has 6 rings (SSSR count). The minimum Gasteiger partial charge on any atom is -0.491 e. The number of amides is 1. The summed E-state index contributed by atoms with van der Waals surface area (Å²) in [6.45, 7) is 1.34. The first-order valence-electron chi connectivity index (χ1n) is 17.5. The number of carbonyl (C=O) groups is 3. The molecule has 274 valence electrons. The number of benzene rings is 3. The van der Waals surface area contributed by atoms with Crippen LogP contribution in [0.15, 0.2) is 60.7 Å². The van der Waals surface area contributed by atoms with E-state index >= 15 is 0 Å². The lowest BCUT2D eigenvalue weighted by Gasteiger charge is -2.29. The molecular formula is C40H39FN4O6S2. The van der Waals surface area contributed by atoms with Crippen molar-refractivity contribution in [2.75, 3.05) is 30.5 Å². The fourth-order valence-corrected chi connectivity index (χ4v) is 8.04. The molecule has 1 aliphatic heterocycles. The molecule has 2 aromatic heterocycles. The molecule has 10 nitrogen and oxygen atoms in total. The monoisotopic (exact) mass is 754 g/mol. The number of fused-ring (bicyclic) bond motifs is 2. The van der Waals surface area contributed by atoms with Crippen molar-refractivity contribution in [1.82, 2.24) is 9.97 Å². The van der Waals surface area contributed by atoms with Gasteiger partial charge < -0.3 is 19.5 Å². The van der Waals surface area contributed by atoms with Gasteiger partial charge in [0, 0.05) is 41.9 Å². The Morgan fingerprint density at radius 1 is 1.00 bits per heavy atom. The average Bonchev–Trinajstić information content (AvgIpc) is 3.78. The molecule has 0 aliphatic carbocycles. The maximum absolute atomic E-state index is 14.8. The SMILES string of the molecule is COC(=O)c1nc(N2CCc3cccc(C(=O)Nc4nc5ccccc5s4)c3C2)sc1CCCOc1ccc(C#CCCCCCCC(=O)O)cc1F. The molecule has 1 aliphatic rings. The second kappa shape index (κ2) is 17.9. The summed E-state index contributed by atoms with van der Waals surface area (Å²) in [7, 11) is 1.32. The van der Waals surface area contributed by atoms with Crippen LogP contribution in [0.5, 0.6) is 5.75 Å². The number of esters is 1. The summed E-state index contributed by atoms with van der Waals surface area (Å²) in [5.41, 5.74) is 4.21. The van der Waals surface area contributed by atoms with E-state index in [0.29, 0.717) is 66.6 Å². The zero-order valence-electron chi connectivity index (χ0n) is 29.3. The van der Waals surface area contributed by atoms with E-state index in [9.17, 15) is 18.8 Å². The third-order valence-corrected chi connectivity index (χ3v) is 10.9. The molecule has 13 heteroatoms. The number of carboxylic acid groups (broad SMARTS) is 1. The van der Waals surface area contributed by atoms with E-state index in [1.165, 1.54) is 35.8 Å². The van der Waals surface area contributed by atoms with Crippen LogP contribution in [-0.4, -0.2) is 53.2 Å². The Morgan fingerprint density at radius 2 is 1.85 bits per heavy atom. The second-order valence-electron chi connectivity index (χ2n) is 12.5. The number of aliphatic carboxylic acids is 1. The molecule has 0 spiro atoms. The number of hydrogen-bond acceptors (Lipinski definition) is 10. The predicted octanol–water partition coefficient (Wildman–Crippen LogP) is 8.28. The van der Waals surface area contributed by atoms with E-state index in [1.54, 1.807) is 12.1 Å². The van der Waals surface area contributed by atoms with Crippen molar-refractivity contribution in [2.24, 2.45) is 0 Å². The minimum absolute atomic E-state index is 0.127. The van der Waals surface area contributed by atoms with Gasteiger partial charge in [0.05, 0.1) is 23.9 Å². The molecule has 0 fully saturated rings. The Morgan fingerprint density at radius 3 is 2.66 bits per heavy atom. The highest BCUT2D eigenvalue weighted by atomic mass is 32.1. The number of carboxylic acids is 1. The highest BCUT2D eigenvalue weighted by molar-refractivity contribution is 7.22. The van der Waals surface area contributed by atoms with Crippen LogP contribution in [0, 0.1) is 17.7 Å². The van der Waals surface area contributed by atoms with Gasteiger partial charge in [-0.1, -0.05) is 60.3 Å². The van der Waals surface area contributed by atoms with Crippen LogP contribution in [0.3, 0.4) is 0 Å². The Kier molecular flexibility index (Phi) is 12.7. The summed E-state index contributed by atoms with van der Waals surface area (Å²) < 4.78 is 26.6. The number of unbranched alkanes of at least 4 members (excludes halogenated alkanes) is 4. The molecule has 0 saturated carbocycles. The number of aromatic nitrogens is 2. The van der Waals surface area contributed by atoms with E-state index < -0.39 is 17.8 Å². The number of methoxy groups -OCH3 is 1. The predicted molar refractivity (Wildman–Crippen MR) is 205 cm³/mol. The molecule has 0 unspecified atom stereocenters. The van der Waals surface area contributed by atoms with Crippen molar-refractivity contribution >= 4 is 61.0 Å². The van der Waals surface area contributed by atoms with E-state index in [1.807, 2.05) is 42.5 Å². The number of aryl methyl sites for hydroxylation is 1. The van der Waals surface area contributed by atoms with Gasteiger partial charge in [0.1, 0.15) is 0 Å². The third-order valence-electron chi connectivity index (χ3n) is 8.78. The molecule has 1 amide bonds. The van der Waals surface area contributed by atoms with Crippen LogP contribution in [0.4, 0.5) is 14.7 Å². The van der Waals surface area contributed by atoms with Crippen LogP contribution in [-0.2, 0) is 28.9 Å². The Balaban J connectivity index is 1.04.